The number of hydrogen-bond donors (Lipinski definition) is 1. The molecule has 0 aromatic carbocycles. The molecule has 0 radical (unpaired) electrons. The van der Waals surface area contributed by atoms with Crippen LogP contribution in [0.3, 0.4) is 0 Å². The van der Waals surface area contributed by atoms with Gasteiger partial charge in [0, 0.05) is 23.7 Å². The molecule has 1 fully saturated rings. The number of pyridine rings is 1. The molecule has 0 aliphatic heterocycles. The summed E-state index contributed by atoms with van der Waals surface area (Å²) in [4.78, 5) is 4.35. The number of aromatic nitrogens is 1. The first-order valence-electron chi connectivity index (χ1n) is 4.66. The van der Waals surface area contributed by atoms with Gasteiger partial charge in [0.2, 0.25) is 0 Å². The highest BCUT2D eigenvalue weighted by atomic mass is 35.5. The second-order valence-corrected chi connectivity index (χ2v) is 3.88. The molecule has 13 heavy (non-hydrogen) atoms. The van der Waals surface area contributed by atoms with Crippen LogP contribution in [0.1, 0.15) is 36.4 Å². The minimum Gasteiger partial charge on any atom is -0.326 e. The van der Waals surface area contributed by atoms with Crippen molar-refractivity contribution in [1.29, 1.82) is 0 Å². The molecule has 1 heterocycles. The van der Waals surface area contributed by atoms with Crippen molar-refractivity contribution >= 4 is 11.6 Å². The first kappa shape index (κ1) is 8.97. The molecule has 2 nitrogen and oxygen atoms in total. The number of hydrogen-bond acceptors (Lipinski definition) is 2. The molecule has 0 spiro atoms. The Morgan fingerprint density at radius 2 is 2.23 bits per heavy atom. The molecule has 0 unspecified atom stereocenters. The molecule has 0 saturated heterocycles. The summed E-state index contributed by atoms with van der Waals surface area (Å²) in [5, 5.41) is 0.576. The highest BCUT2D eigenvalue weighted by molar-refractivity contribution is 6.30. The maximum Gasteiger partial charge on any atom is 0.133 e. The third-order valence-electron chi connectivity index (χ3n) is 2.69. The molecule has 1 aromatic heterocycles. The highest BCUT2D eigenvalue weighted by Crippen LogP contribution is 2.35. The van der Waals surface area contributed by atoms with Gasteiger partial charge in [0.1, 0.15) is 5.15 Å². The largest absolute Gasteiger partial charge is 0.326 e. The average molecular weight is 197 g/mol. The summed E-state index contributed by atoms with van der Waals surface area (Å²) < 4.78 is 0. The normalized spacial score (nSPS) is 17.1. The molecule has 0 bridgehead atoms. The Morgan fingerprint density at radius 1 is 1.46 bits per heavy atom. The van der Waals surface area contributed by atoms with Crippen molar-refractivity contribution in [3.05, 3.63) is 28.5 Å². The maximum atomic E-state index is 5.96. The van der Waals surface area contributed by atoms with Crippen LogP contribution in [0.2, 0.25) is 5.15 Å². The first-order chi connectivity index (χ1) is 6.31. The van der Waals surface area contributed by atoms with Crippen LogP contribution in [-0.4, -0.2) is 4.98 Å². The molecule has 2 N–H and O–H groups in total. The monoisotopic (exact) mass is 196 g/mol. The minimum atomic E-state index is 0.469. The third-order valence-corrected chi connectivity index (χ3v) is 3.02. The van der Waals surface area contributed by atoms with E-state index in [4.69, 9.17) is 17.3 Å². The van der Waals surface area contributed by atoms with Crippen LogP contribution in [0.4, 0.5) is 0 Å². The van der Waals surface area contributed by atoms with E-state index in [1.807, 2.05) is 6.07 Å². The summed E-state index contributed by atoms with van der Waals surface area (Å²) in [6.45, 7) is 0.469. The van der Waals surface area contributed by atoms with E-state index in [-0.39, 0.29) is 0 Å². The lowest BCUT2D eigenvalue weighted by Crippen LogP contribution is -2.11. The number of rotatable bonds is 2. The summed E-state index contributed by atoms with van der Waals surface area (Å²) in [5.41, 5.74) is 7.57. The highest BCUT2D eigenvalue weighted by Gasteiger charge is 2.21. The van der Waals surface area contributed by atoms with E-state index in [1.54, 1.807) is 0 Å². The SMILES string of the molecule is NCc1ccc(C2CCC2)nc1Cl. The van der Waals surface area contributed by atoms with Crippen LogP contribution < -0.4 is 5.73 Å². The zero-order valence-electron chi connectivity index (χ0n) is 7.46. The van der Waals surface area contributed by atoms with Gasteiger partial charge >= 0.3 is 0 Å². The topological polar surface area (TPSA) is 38.9 Å². The predicted octanol–water partition coefficient (Wildman–Crippen LogP) is 2.46. The summed E-state index contributed by atoms with van der Waals surface area (Å²) in [7, 11) is 0. The van der Waals surface area contributed by atoms with Crippen LogP contribution >= 0.6 is 11.6 Å². The van der Waals surface area contributed by atoms with Crippen LogP contribution in [0.5, 0.6) is 0 Å². The molecule has 0 atom stereocenters. The van der Waals surface area contributed by atoms with Crippen LogP contribution in [0, 0.1) is 0 Å². The van der Waals surface area contributed by atoms with E-state index in [0.717, 1.165) is 11.3 Å². The van der Waals surface area contributed by atoms with Gasteiger partial charge in [-0.1, -0.05) is 24.1 Å². The Balaban J connectivity index is 2.24. The molecule has 1 aliphatic rings. The standard InChI is InChI=1S/C10H13ClN2/c11-10-8(6-12)4-5-9(13-10)7-2-1-3-7/h4-5,7H,1-3,6,12H2. The number of nitrogens with two attached hydrogens (primary N) is 1. The zero-order valence-corrected chi connectivity index (χ0v) is 8.22. The van der Waals surface area contributed by atoms with Crippen molar-refractivity contribution in [1.82, 2.24) is 4.98 Å². The quantitative estimate of drug-likeness (QED) is 0.739. The lowest BCUT2D eigenvalue weighted by molar-refractivity contribution is 0.411. The van der Waals surface area contributed by atoms with Crippen molar-refractivity contribution in [3.63, 3.8) is 0 Å². The van der Waals surface area contributed by atoms with E-state index in [9.17, 15) is 0 Å². The van der Waals surface area contributed by atoms with Crippen molar-refractivity contribution in [3.8, 4) is 0 Å². The molecule has 3 heteroatoms. The molecule has 2 rings (SSSR count). The fourth-order valence-electron chi connectivity index (χ4n) is 1.56. The minimum absolute atomic E-state index is 0.469. The third kappa shape index (κ3) is 1.69. The van der Waals surface area contributed by atoms with Gasteiger partial charge in [-0.05, 0) is 18.9 Å². The van der Waals surface area contributed by atoms with E-state index in [2.05, 4.69) is 11.1 Å². The summed E-state index contributed by atoms with van der Waals surface area (Å²) in [6.07, 6.45) is 3.83. The number of nitrogens with zero attached hydrogens (tertiary/aromatic N) is 1. The van der Waals surface area contributed by atoms with E-state index in [1.165, 1.54) is 19.3 Å². The molecule has 1 aromatic rings. The van der Waals surface area contributed by atoms with Gasteiger partial charge in [-0.25, -0.2) is 4.98 Å². The Hall–Kier alpha value is -0.600. The van der Waals surface area contributed by atoms with Crippen LogP contribution in [0.15, 0.2) is 12.1 Å². The lowest BCUT2D eigenvalue weighted by Gasteiger charge is -2.24. The fraction of sp³-hybridized carbons (Fsp3) is 0.500. The predicted molar refractivity (Wildman–Crippen MR) is 53.7 cm³/mol. The molecular weight excluding hydrogens is 184 g/mol. The van der Waals surface area contributed by atoms with E-state index in [0.29, 0.717) is 17.6 Å². The zero-order chi connectivity index (χ0) is 9.26. The van der Waals surface area contributed by atoms with Crippen molar-refractivity contribution in [2.45, 2.75) is 31.7 Å². The average Bonchev–Trinajstić information content (AvgIpc) is 2.01. The lowest BCUT2D eigenvalue weighted by atomic mass is 9.82. The summed E-state index contributed by atoms with van der Waals surface area (Å²) >= 11 is 5.96. The van der Waals surface area contributed by atoms with Gasteiger partial charge in [0.15, 0.2) is 0 Å². The van der Waals surface area contributed by atoms with Gasteiger partial charge in [-0.3, -0.25) is 0 Å². The maximum absolute atomic E-state index is 5.96. The second-order valence-electron chi connectivity index (χ2n) is 3.52. The van der Waals surface area contributed by atoms with E-state index < -0.39 is 0 Å². The van der Waals surface area contributed by atoms with Gasteiger partial charge in [0.25, 0.3) is 0 Å². The molecule has 1 aliphatic carbocycles. The molecule has 70 valence electrons. The van der Waals surface area contributed by atoms with Crippen molar-refractivity contribution < 1.29 is 0 Å². The van der Waals surface area contributed by atoms with Gasteiger partial charge in [-0.15, -0.1) is 0 Å². The molecule has 0 amide bonds. The summed E-state index contributed by atoms with van der Waals surface area (Å²) in [6, 6.07) is 4.04. The fourth-order valence-corrected chi connectivity index (χ4v) is 1.80. The first-order valence-corrected chi connectivity index (χ1v) is 5.04. The van der Waals surface area contributed by atoms with Crippen molar-refractivity contribution in [2.24, 2.45) is 5.73 Å². The Kier molecular flexibility index (Phi) is 2.51. The van der Waals surface area contributed by atoms with Gasteiger partial charge < -0.3 is 5.73 Å². The molecule has 1 saturated carbocycles. The van der Waals surface area contributed by atoms with Crippen LogP contribution in [0.25, 0.3) is 0 Å². The van der Waals surface area contributed by atoms with Gasteiger partial charge in [0.05, 0.1) is 0 Å². The van der Waals surface area contributed by atoms with E-state index >= 15 is 0 Å². The van der Waals surface area contributed by atoms with Crippen LogP contribution in [-0.2, 0) is 6.54 Å². The Bertz CT molecular complexity index is 308. The molecular formula is C10H13ClN2. The smallest absolute Gasteiger partial charge is 0.133 e. The van der Waals surface area contributed by atoms with Crippen molar-refractivity contribution in [2.75, 3.05) is 0 Å². The Morgan fingerprint density at radius 3 is 2.69 bits per heavy atom. The second kappa shape index (κ2) is 3.64. The summed E-state index contributed by atoms with van der Waals surface area (Å²) in [5.74, 6) is 0.643. The Labute approximate surface area is 83.1 Å². The number of halogens is 1. The van der Waals surface area contributed by atoms with Gasteiger partial charge in [-0.2, -0.15) is 0 Å².